The maximum atomic E-state index is 14.0. The molecule has 1 aliphatic carbocycles. The molecule has 7 heteroatoms. The Labute approximate surface area is 236 Å². The minimum atomic E-state index is -0.0363. The van der Waals surface area contributed by atoms with Crippen molar-refractivity contribution in [3.63, 3.8) is 0 Å². The van der Waals surface area contributed by atoms with E-state index in [4.69, 9.17) is 4.98 Å². The van der Waals surface area contributed by atoms with Crippen molar-refractivity contribution in [3.05, 3.63) is 104 Å². The topological polar surface area (TPSA) is 56.9 Å². The maximum absolute atomic E-state index is 14.0. The quantitative estimate of drug-likeness (QED) is 0.126. The fourth-order valence-corrected chi connectivity index (χ4v) is 7.94. The molecule has 5 nitrogen and oxygen atoms in total. The number of hydrogen-bond acceptors (Lipinski definition) is 5. The molecular weight excluding hydrogens is 523 g/mol. The van der Waals surface area contributed by atoms with Crippen LogP contribution in [0.15, 0.2) is 70.6 Å². The molecule has 1 aliphatic rings. The molecule has 39 heavy (non-hydrogen) atoms. The van der Waals surface area contributed by atoms with E-state index in [2.05, 4.69) is 42.7 Å². The van der Waals surface area contributed by atoms with Gasteiger partial charge in [0.05, 0.1) is 16.8 Å². The van der Waals surface area contributed by atoms with Gasteiger partial charge in [0.15, 0.2) is 10.9 Å². The second-order valence-electron chi connectivity index (χ2n) is 10.6. The number of aromatic nitrogens is 3. The number of ketones is 1. The number of benzene rings is 2. The number of fused-ring (bicyclic) bond motifs is 3. The van der Waals surface area contributed by atoms with Crippen LogP contribution in [0.25, 0.3) is 21.6 Å². The molecule has 2 aromatic carbocycles. The number of hydrogen-bond donors (Lipinski definition) is 0. The highest BCUT2D eigenvalue weighted by molar-refractivity contribution is 7.99. The molecule has 3 aromatic heterocycles. The van der Waals surface area contributed by atoms with Gasteiger partial charge >= 0.3 is 0 Å². The van der Waals surface area contributed by atoms with Crippen LogP contribution in [-0.4, -0.2) is 25.7 Å². The maximum Gasteiger partial charge on any atom is 0.267 e. The molecule has 0 fully saturated rings. The summed E-state index contributed by atoms with van der Waals surface area (Å²) in [5.41, 5.74) is 6.79. The first kappa shape index (κ1) is 25.8. The van der Waals surface area contributed by atoms with Crippen LogP contribution in [0.3, 0.4) is 0 Å². The van der Waals surface area contributed by atoms with E-state index >= 15 is 0 Å². The van der Waals surface area contributed by atoms with Crippen molar-refractivity contribution in [3.8, 4) is 11.4 Å². The molecule has 0 saturated carbocycles. The number of nitrogens with zero attached hydrogens (tertiary/aromatic N) is 3. The van der Waals surface area contributed by atoms with Gasteiger partial charge in [0.25, 0.3) is 5.56 Å². The molecule has 6 rings (SSSR count). The normalized spacial score (nSPS) is 15.0. The van der Waals surface area contributed by atoms with Gasteiger partial charge in [-0.05, 0) is 81.8 Å². The van der Waals surface area contributed by atoms with E-state index in [9.17, 15) is 9.59 Å². The molecule has 0 aliphatic heterocycles. The highest BCUT2D eigenvalue weighted by Gasteiger charge is 2.26. The highest BCUT2D eigenvalue weighted by atomic mass is 32.2. The number of para-hydroxylation sites is 1. The zero-order valence-corrected chi connectivity index (χ0v) is 24.3. The third-order valence-electron chi connectivity index (χ3n) is 7.67. The first-order valence-electron chi connectivity index (χ1n) is 13.4. The predicted octanol–water partition coefficient (Wildman–Crippen LogP) is 7.26. The number of aryl methyl sites for hydroxylation is 3. The van der Waals surface area contributed by atoms with E-state index in [1.807, 2.05) is 50.2 Å². The van der Waals surface area contributed by atoms with Crippen LogP contribution in [0.1, 0.15) is 51.1 Å². The van der Waals surface area contributed by atoms with E-state index in [1.54, 1.807) is 15.9 Å². The average molecular weight is 554 g/mol. The van der Waals surface area contributed by atoms with Gasteiger partial charge in [0, 0.05) is 27.5 Å². The van der Waals surface area contributed by atoms with Crippen molar-refractivity contribution in [2.75, 3.05) is 5.75 Å². The van der Waals surface area contributed by atoms with Gasteiger partial charge in [-0.1, -0.05) is 54.6 Å². The number of carbonyl (C=O) groups is 1. The second-order valence-corrected chi connectivity index (χ2v) is 12.6. The summed E-state index contributed by atoms with van der Waals surface area (Å²) in [6, 6.07) is 19.9. The molecule has 0 bridgehead atoms. The predicted molar refractivity (Wildman–Crippen MR) is 161 cm³/mol. The van der Waals surface area contributed by atoms with Gasteiger partial charge in [0.2, 0.25) is 0 Å². The number of thiophene rings is 1. The number of Topliss-reactive ketones (excluding diaryl/α,β-unsaturated/α-hetero) is 1. The van der Waals surface area contributed by atoms with Crippen LogP contribution in [-0.2, 0) is 12.8 Å². The van der Waals surface area contributed by atoms with Crippen LogP contribution < -0.4 is 5.56 Å². The molecule has 0 spiro atoms. The minimum absolute atomic E-state index is 0.0275. The molecule has 198 valence electrons. The summed E-state index contributed by atoms with van der Waals surface area (Å²) in [4.78, 5) is 34.6. The smallest absolute Gasteiger partial charge is 0.267 e. The Balaban J connectivity index is 1.37. The Morgan fingerprint density at radius 3 is 2.49 bits per heavy atom. The van der Waals surface area contributed by atoms with Crippen molar-refractivity contribution in [1.82, 2.24) is 14.1 Å². The number of carbonyl (C=O) groups excluding carboxylic acids is 1. The zero-order valence-electron chi connectivity index (χ0n) is 22.7. The number of thioether (sulfide) groups is 1. The SMILES string of the molecule is Cc1ccc(-n2c(C)cc(C(=O)CSc3nc4sc5c(c4c(=O)n3-c3ccccc3)CC[C@H](C)C5)c2C)cc1. The Kier molecular flexibility index (Phi) is 6.81. The van der Waals surface area contributed by atoms with E-state index in [1.165, 1.54) is 27.8 Å². The molecule has 3 heterocycles. The average Bonchev–Trinajstić information content (AvgIpc) is 3.44. The van der Waals surface area contributed by atoms with Crippen LogP contribution in [0.2, 0.25) is 0 Å². The first-order valence-corrected chi connectivity index (χ1v) is 15.2. The molecule has 0 radical (unpaired) electrons. The fraction of sp³-hybridized carbons (Fsp3) is 0.281. The molecule has 0 saturated heterocycles. The Hall–Kier alpha value is -3.42. The van der Waals surface area contributed by atoms with E-state index in [-0.39, 0.29) is 17.1 Å². The fourth-order valence-electron chi connectivity index (χ4n) is 5.62. The molecular formula is C32H31N3O2S2. The van der Waals surface area contributed by atoms with Gasteiger partial charge < -0.3 is 4.57 Å². The molecule has 0 amide bonds. The summed E-state index contributed by atoms with van der Waals surface area (Å²) in [5, 5.41) is 1.31. The Morgan fingerprint density at radius 1 is 1.03 bits per heavy atom. The van der Waals surface area contributed by atoms with Gasteiger partial charge in [0.1, 0.15) is 4.83 Å². The summed E-state index contributed by atoms with van der Waals surface area (Å²) < 4.78 is 3.82. The molecule has 0 N–H and O–H groups in total. The highest BCUT2D eigenvalue weighted by Crippen LogP contribution is 2.37. The lowest BCUT2D eigenvalue weighted by atomic mass is 9.89. The molecule has 1 atom stereocenters. The second kappa shape index (κ2) is 10.3. The summed E-state index contributed by atoms with van der Waals surface area (Å²) in [5.74, 6) is 0.845. The largest absolute Gasteiger partial charge is 0.318 e. The summed E-state index contributed by atoms with van der Waals surface area (Å²) in [6.07, 6.45) is 3.01. The van der Waals surface area contributed by atoms with E-state index < -0.39 is 0 Å². The lowest BCUT2D eigenvalue weighted by molar-refractivity contribution is 0.102. The van der Waals surface area contributed by atoms with Crippen LogP contribution in [0.5, 0.6) is 0 Å². The van der Waals surface area contributed by atoms with Crippen LogP contribution >= 0.6 is 23.1 Å². The van der Waals surface area contributed by atoms with Crippen LogP contribution in [0, 0.1) is 26.7 Å². The Morgan fingerprint density at radius 2 is 1.74 bits per heavy atom. The van der Waals surface area contributed by atoms with Gasteiger partial charge in [-0.2, -0.15) is 0 Å². The monoisotopic (exact) mass is 553 g/mol. The third-order valence-corrected chi connectivity index (χ3v) is 9.76. The molecule has 0 unspecified atom stereocenters. The van der Waals surface area contributed by atoms with E-state index in [0.29, 0.717) is 16.6 Å². The summed E-state index contributed by atoms with van der Waals surface area (Å²) in [7, 11) is 0. The lowest BCUT2D eigenvalue weighted by Crippen LogP contribution is -2.23. The standard InChI is InChI=1S/C32H31N3O2S2/c1-19-10-13-24(14-11-19)34-21(3)17-26(22(34)4)27(36)18-38-32-33-30-29(25-15-12-20(2)16-28(25)39-30)31(37)35(32)23-8-6-5-7-9-23/h5-11,13-14,17,20H,12,15-16,18H2,1-4H3/t20-/m0/s1. The number of rotatable bonds is 6. The van der Waals surface area contributed by atoms with Crippen molar-refractivity contribution >= 4 is 39.1 Å². The minimum Gasteiger partial charge on any atom is -0.318 e. The third kappa shape index (κ3) is 4.68. The van der Waals surface area contributed by atoms with Crippen molar-refractivity contribution in [2.45, 2.75) is 52.1 Å². The summed E-state index contributed by atoms with van der Waals surface area (Å²) in [6.45, 7) is 8.36. The van der Waals surface area contributed by atoms with Crippen molar-refractivity contribution < 1.29 is 4.79 Å². The van der Waals surface area contributed by atoms with Gasteiger partial charge in [-0.15, -0.1) is 11.3 Å². The Bertz CT molecular complexity index is 1760. The zero-order chi connectivity index (χ0) is 27.3. The van der Waals surface area contributed by atoms with Gasteiger partial charge in [-0.25, -0.2) is 4.98 Å². The van der Waals surface area contributed by atoms with Gasteiger partial charge in [-0.3, -0.25) is 14.2 Å². The van der Waals surface area contributed by atoms with Crippen molar-refractivity contribution in [1.29, 1.82) is 0 Å². The lowest BCUT2D eigenvalue weighted by Gasteiger charge is -2.17. The molecule has 5 aromatic rings. The van der Waals surface area contributed by atoms with E-state index in [0.717, 1.165) is 52.2 Å². The summed E-state index contributed by atoms with van der Waals surface area (Å²) >= 11 is 2.99. The van der Waals surface area contributed by atoms with Crippen molar-refractivity contribution in [2.24, 2.45) is 5.92 Å². The van der Waals surface area contributed by atoms with Crippen LogP contribution in [0.4, 0.5) is 0 Å². The first-order chi connectivity index (χ1) is 18.8.